The first-order chi connectivity index (χ1) is 14.8. The summed E-state index contributed by atoms with van der Waals surface area (Å²) in [7, 11) is 0. The quantitative estimate of drug-likeness (QED) is 0.455. The van der Waals surface area contributed by atoms with E-state index in [4.69, 9.17) is 9.47 Å². The van der Waals surface area contributed by atoms with Crippen LogP contribution >= 0.6 is 15.9 Å². The zero-order valence-corrected chi connectivity index (χ0v) is 19.4. The van der Waals surface area contributed by atoms with Gasteiger partial charge in [-0.1, -0.05) is 41.9 Å². The largest absolute Gasteiger partial charge is 0.461 e. The Balaban J connectivity index is 1.29. The van der Waals surface area contributed by atoms with E-state index in [1.165, 1.54) is 0 Å². The molecular weight excluding hydrogens is 458 g/mol. The van der Waals surface area contributed by atoms with Crippen molar-refractivity contribution in [2.45, 2.75) is 44.0 Å². The van der Waals surface area contributed by atoms with E-state index in [9.17, 15) is 9.59 Å². The number of alkyl halides is 1. The van der Waals surface area contributed by atoms with E-state index in [-0.39, 0.29) is 46.5 Å². The summed E-state index contributed by atoms with van der Waals surface area (Å²) in [6.07, 6.45) is 0.802. The Hall–Kier alpha value is -2.34. The maximum absolute atomic E-state index is 13.0. The van der Waals surface area contributed by atoms with Crippen molar-refractivity contribution in [2.75, 3.05) is 5.32 Å². The summed E-state index contributed by atoms with van der Waals surface area (Å²) >= 11 is 3.66. The van der Waals surface area contributed by atoms with E-state index in [0.29, 0.717) is 17.4 Å². The topological polar surface area (TPSA) is 64.6 Å². The van der Waals surface area contributed by atoms with Gasteiger partial charge in [-0.05, 0) is 66.6 Å². The lowest BCUT2D eigenvalue weighted by atomic mass is 9.79. The van der Waals surface area contributed by atoms with Gasteiger partial charge >= 0.3 is 5.97 Å². The molecule has 2 bridgehead atoms. The lowest BCUT2D eigenvalue weighted by Crippen LogP contribution is -2.40. The maximum Gasteiger partial charge on any atom is 0.310 e. The second-order valence-corrected chi connectivity index (χ2v) is 10.3. The van der Waals surface area contributed by atoms with Gasteiger partial charge in [-0.15, -0.1) is 0 Å². The summed E-state index contributed by atoms with van der Waals surface area (Å²) in [4.78, 5) is 25.4. The zero-order valence-electron chi connectivity index (χ0n) is 17.8. The van der Waals surface area contributed by atoms with Crippen LogP contribution in [0.25, 0.3) is 0 Å². The second kappa shape index (κ2) is 7.66. The van der Waals surface area contributed by atoms with Crippen molar-refractivity contribution < 1.29 is 19.1 Å². The Morgan fingerprint density at radius 1 is 1.16 bits per heavy atom. The Labute approximate surface area is 190 Å². The average Bonchev–Trinajstić information content (AvgIpc) is 3.33. The summed E-state index contributed by atoms with van der Waals surface area (Å²) < 4.78 is 11.6. The van der Waals surface area contributed by atoms with E-state index in [0.717, 1.165) is 23.3 Å². The predicted octanol–water partition coefficient (Wildman–Crippen LogP) is 5.42. The van der Waals surface area contributed by atoms with Crippen LogP contribution in [0.15, 0.2) is 42.5 Å². The van der Waals surface area contributed by atoms with Gasteiger partial charge in [0.15, 0.2) is 0 Å². The van der Waals surface area contributed by atoms with Gasteiger partial charge in [-0.3, -0.25) is 9.59 Å². The molecule has 5 rings (SSSR count). The van der Waals surface area contributed by atoms with Gasteiger partial charge in [0.1, 0.15) is 17.6 Å². The molecule has 2 aromatic rings. The molecule has 6 heteroatoms. The molecule has 1 saturated heterocycles. The maximum atomic E-state index is 13.0. The number of hydrogen-bond acceptors (Lipinski definition) is 4. The van der Waals surface area contributed by atoms with Crippen LogP contribution in [-0.2, 0) is 14.3 Å². The molecule has 0 radical (unpaired) electrons. The van der Waals surface area contributed by atoms with E-state index in [1.54, 1.807) is 0 Å². The molecule has 1 amide bonds. The first kappa shape index (κ1) is 20.6. The minimum absolute atomic E-state index is 0.0659. The van der Waals surface area contributed by atoms with E-state index in [2.05, 4.69) is 47.2 Å². The molecule has 162 valence electrons. The molecule has 0 unspecified atom stereocenters. The van der Waals surface area contributed by atoms with Gasteiger partial charge in [-0.2, -0.15) is 0 Å². The van der Waals surface area contributed by atoms with E-state index < -0.39 is 0 Å². The smallest absolute Gasteiger partial charge is 0.310 e. The number of hydrogen-bond donors (Lipinski definition) is 1. The van der Waals surface area contributed by atoms with Crippen molar-refractivity contribution in [3.05, 3.63) is 53.6 Å². The first-order valence-electron chi connectivity index (χ1n) is 10.9. The van der Waals surface area contributed by atoms with Crippen molar-refractivity contribution in [3.63, 3.8) is 0 Å². The van der Waals surface area contributed by atoms with Crippen LogP contribution in [0.2, 0.25) is 0 Å². The summed E-state index contributed by atoms with van der Waals surface area (Å²) in [5.41, 5.74) is 3.00. The minimum Gasteiger partial charge on any atom is -0.461 e. The van der Waals surface area contributed by atoms with E-state index >= 15 is 0 Å². The highest BCUT2D eigenvalue weighted by Gasteiger charge is 2.67. The monoisotopic (exact) mass is 483 g/mol. The number of anilines is 1. The normalized spacial score (nSPS) is 30.5. The lowest BCUT2D eigenvalue weighted by molar-refractivity contribution is -0.145. The number of carbonyl (C=O) groups excluding carboxylic acids is 2. The second-order valence-electron chi connectivity index (χ2n) is 9.27. The molecule has 3 fully saturated rings. The van der Waals surface area contributed by atoms with Crippen molar-refractivity contribution in [3.8, 4) is 11.5 Å². The molecule has 2 aliphatic carbocycles. The predicted molar refractivity (Wildman–Crippen MR) is 122 cm³/mol. The molecular formula is C25H26BrNO4. The number of halogens is 1. The summed E-state index contributed by atoms with van der Waals surface area (Å²) in [5.74, 6) is 1.27. The molecule has 2 saturated carbocycles. The lowest BCUT2D eigenvalue weighted by Gasteiger charge is -2.27. The highest BCUT2D eigenvalue weighted by molar-refractivity contribution is 9.09. The SMILES string of the molecule is Cc1ccc(C(C)C)c(Oc2ccc(NC(=O)[C@@H]3[C@H]4C[C@H]5[C@H](OC(=O)[C@@H]53)[C@@H]4Br)cc2)c1. The van der Waals surface area contributed by atoms with Crippen molar-refractivity contribution in [1.82, 2.24) is 0 Å². The Kier molecular flexibility index (Phi) is 5.08. The molecule has 0 aromatic heterocycles. The molecule has 3 aliphatic rings. The van der Waals surface area contributed by atoms with Gasteiger partial charge in [0.05, 0.1) is 16.7 Å². The van der Waals surface area contributed by atoms with Crippen molar-refractivity contribution in [1.29, 1.82) is 0 Å². The fraction of sp³-hybridized carbons (Fsp3) is 0.440. The van der Waals surface area contributed by atoms with Gasteiger partial charge in [0.2, 0.25) is 5.91 Å². The Morgan fingerprint density at radius 3 is 2.61 bits per heavy atom. The number of fused-ring (bicyclic) bond motifs is 1. The van der Waals surface area contributed by atoms with Gasteiger partial charge < -0.3 is 14.8 Å². The number of esters is 1. The number of aryl methyl sites for hydroxylation is 1. The first-order valence-corrected chi connectivity index (χ1v) is 11.8. The third-order valence-corrected chi connectivity index (χ3v) is 8.17. The fourth-order valence-corrected chi connectivity index (χ4v) is 6.54. The van der Waals surface area contributed by atoms with Crippen molar-refractivity contribution >= 4 is 33.5 Å². The van der Waals surface area contributed by atoms with Crippen LogP contribution in [0, 0.1) is 30.6 Å². The van der Waals surface area contributed by atoms with E-state index in [1.807, 2.05) is 37.3 Å². The average molecular weight is 484 g/mol. The number of amides is 1. The van der Waals surface area contributed by atoms with Crippen LogP contribution in [0.5, 0.6) is 11.5 Å². The highest BCUT2D eigenvalue weighted by atomic mass is 79.9. The molecule has 31 heavy (non-hydrogen) atoms. The third kappa shape index (κ3) is 3.45. The number of ether oxygens (including phenoxy) is 2. The number of rotatable bonds is 5. The van der Waals surface area contributed by atoms with Crippen LogP contribution < -0.4 is 10.1 Å². The summed E-state index contributed by atoms with van der Waals surface area (Å²) in [5, 5.41) is 3.00. The van der Waals surface area contributed by atoms with Gasteiger partial charge in [0, 0.05) is 11.6 Å². The van der Waals surface area contributed by atoms with Gasteiger partial charge in [-0.25, -0.2) is 0 Å². The molecule has 1 aliphatic heterocycles. The zero-order chi connectivity index (χ0) is 21.9. The van der Waals surface area contributed by atoms with Crippen molar-refractivity contribution in [2.24, 2.45) is 23.7 Å². The molecule has 1 heterocycles. The van der Waals surface area contributed by atoms with Crippen LogP contribution in [-0.4, -0.2) is 22.8 Å². The molecule has 6 atom stereocenters. The van der Waals surface area contributed by atoms with Gasteiger partial charge in [0.25, 0.3) is 0 Å². The Bertz CT molecular complexity index is 1030. The minimum atomic E-state index is -0.336. The summed E-state index contributed by atoms with van der Waals surface area (Å²) in [6, 6.07) is 13.6. The number of benzene rings is 2. The highest BCUT2D eigenvalue weighted by Crippen LogP contribution is 2.60. The number of nitrogens with one attached hydrogen (secondary N) is 1. The molecule has 0 spiro atoms. The van der Waals surface area contributed by atoms with Crippen LogP contribution in [0.4, 0.5) is 5.69 Å². The molecule has 1 N–H and O–H groups in total. The Morgan fingerprint density at radius 2 is 1.90 bits per heavy atom. The third-order valence-electron chi connectivity index (χ3n) is 6.97. The molecule has 2 aromatic carbocycles. The number of carbonyl (C=O) groups is 2. The fourth-order valence-electron chi connectivity index (χ4n) is 5.50. The summed E-state index contributed by atoms with van der Waals surface area (Å²) in [6.45, 7) is 6.34. The van der Waals surface area contributed by atoms with Crippen LogP contribution in [0.3, 0.4) is 0 Å². The molecule has 5 nitrogen and oxygen atoms in total. The standard InChI is InChI=1S/C25H26BrNO4/c1-12(2)16-9-4-13(3)10-19(16)30-15-7-5-14(6-8-15)27-24(28)20-17-11-18-21(20)25(29)31-23(18)22(17)26/h4-10,12,17-18,20-23H,11H2,1-3H3,(H,27,28)/t17-,18-,20-,21+,22-,23+/m1/s1. The van der Waals surface area contributed by atoms with Crippen LogP contribution in [0.1, 0.15) is 37.3 Å².